The zero-order valence-electron chi connectivity index (χ0n) is 17.8. The molecular formula is C25H22Cl2FNO5. The van der Waals surface area contributed by atoms with Gasteiger partial charge in [0.2, 0.25) is 0 Å². The molecule has 1 aromatic heterocycles. The van der Waals surface area contributed by atoms with E-state index in [1.165, 1.54) is 12.1 Å². The van der Waals surface area contributed by atoms with Gasteiger partial charge in [0.05, 0.1) is 17.1 Å². The molecule has 0 unspecified atom stereocenters. The number of rotatable bonds is 4. The summed E-state index contributed by atoms with van der Waals surface area (Å²) in [5, 5.41) is 43.9. The van der Waals surface area contributed by atoms with Gasteiger partial charge in [0.15, 0.2) is 6.23 Å². The van der Waals surface area contributed by atoms with Crippen LogP contribution in [0.1, 0.15) is 17.4 Å². The van der Waals surface area contributed by atoms with Crippen LogP contribution in [0.5, 0.6) is 0 Å². The number of hydrogen-bond donors (Lipinski definition) is 4. The Balaban J connectivity index is 1.60. The molecule has 0 bridgehead atoms. The van der Waals surface area contributed by atoms with Crippen LogP contribution in [0, 0.1) is 5.82 Å². The van der Waals surface area contributed by atoms with Crippen molar-refractivity contribution in [2.24, 2.45) is 0 Å². The summed E-state index contributed by atoms with van der Waals surface area (Å²) < 4.78 is 20.9. The van der Waals surface area contributed by atoms with Gasteiger partial charge in [-0.05, 0) is 52.6 Å². The number of aliphatic hydroxyl groups excluding tert-OH is 4. The minimum atomic E-state index is -1.52. The molecule has 9 heteroatoms. The largest absolute Gasteiger partial charge is 0.394 e. The van der Waals surface area contributed by atoms with Crippen molar-refractivity contribution in [2.45, 2.75) is 37.1 Å². The van der Waals surface area contributed by atoms with Gasteiger partial charge in [0, 0.05) is 16.6 Å². The Morgan fingerprint density at radius 2 is 1.65 bits per heavy atom. The summed E-state index contributed by atoms with van der Waals surface area (Å²) in [6, 6.07) is 13.6. The number of aliphatic hydroxyl groups is 4. The summed E-state index contributed by atoms with van der Waals surface area (Å²) >= 11 is 12.8. The molecule has 5 atom stereocenters. The quantitative estimate of drug-likeness (QED) is 0.338. The number of ether oxygens (including phenoxy) is 1. The van der Waals surface area contributed by atoms with Gasteiger partial charge >= 0.3 is 0 Å². The zero-order valence-corrected chi connectivity index (χ0v) is 19.3. The van der Waals surface area contributed by atoms with Crippen LogP contribution < -0.4 is 0 Å². The molecule has 0 radical (unpaired) electrons. The summed E-state index contributed by atoms with van der Waals surface area (Å²) in [4.78, 5) is 0. The molecule has 1 aliphatic rings. The van der Waals surface area contributed by atoms with E-state index >= 15 is 0 Å². The summed E-state index contributed by atoms with van der Waals surface area (Å²) in [6.07, 6.45) is -4.38. The highest BCUT2D eigenvalue weighted by Gasteiger charge is 2.44. The van der Waals surface area contributed by atoms with E-state index in [0.717, 1.165) is 21.9 Å². The van der Waals surface area contributed by atoms with Crippen LogP contribution in [0.3, 0.4) is 0 Å². The van der Waals surface area contributed by atoms with Crippen LogP contribution >= 0.6 is 23.2 Å². The second kappa shape index (κ2) is 9.09. The first-order valence-electron chi connectivity index (χ1n) is 10.7. The first-order valence-corrected chi connectivity index (χ1v) is 11.5. The third kappa shape index (κ3) is 4.07. The van der Waals surface area contributed by atoms with Gasteiger partial charge in [-0.2, -0.15) is 0 Å². The van der Waals surface area contributed by atoms with Gasteiger partial charge < -0.3 is 29.7 Å². The van der Waals surface area contributed by atoms with Crippen LogP contribution in [0.25, 0.3) is 21.7 Å². The van der Waals surface area contributed by atoms with Crippen molar-refractivity contribution in [3.8, 4) is 0 Å². The summed E-state index contributed by atoms with van der Waals surface area (Å²) in [7, 11) is 0. The Morgan fingerprint density at radius 1 is 0.912 bits per heavy atom. The zero-order chi connectivity index (χ0) is 24.1. The van der Waals surface area contributed by atoms with Gasteiger partial charge in [0.1, 0.15) is 30.2 Å². The Labute approximate surface area is 204 Å². The normalized spacial score (nSPS) is 25.3. The van der Waals surface area contributed by atoms with E-state index in [0.29, 0.717) is 27.4 Å². The standard InChI is InChI=1S/C25H22Cl2FNO5/c26-16-8-18(27)21-15(6-12-1-2-14-7-17(28)4-3-13(14)5-12)10-29(19(21)9-16)25-24(33)23(32)22(31)20(11-30)34-25/h1-5,7-10,20,22-25,30-33H,6,11H2/t20-,22-,23+,24-,25-/m1/s1. The molecule has 4 N–H and O–H groups in total. The maximum absolute atomic E-state index is 13.5. The monoisotopic (exact) mass is 505 g/mol. The van der Waals surface area contributed by atoms with Crippen molar-refractivity contribution in [2.75, 3.05) is 6.61 Å². The molecule has 6 nitrogen and oxygen atoms in total. The van der Waals surface area contributed by atoms with Crippen molar-refractivity contribution in [3.05, 3.63) is 81.7 Å². The molecule has 4 aromatic rings. The van der Waals surface area contributed by atoms with Gasteiger partial charge in [-0.15, -0.1) is 0 Å². The number of nitrogens with zero attached hydrogens (tertiary/aromatic N) is 1. The summed E-state index contributed by atoms with van der Waals surface area (Å²) in [6.45, 7) is -0.535. The molecule has 1 fully saturated rings. The van der Waals surface area contributed by atoms with E-state index in [9.17, 15) is 24.8 Å². The molecule has 1 aliphatic heterocycles. The average molecular weight is 506 g/mol. The predicted molar refractivity (Wildman–Crippen MR) is 128 cm³/mol. The maximum atomic E-state index is 13.5. The molecule has 3 aromatic carbocycles. The first-order chi connectivity index (χ1) is 16.3. The van der Waals surface area contributed by atoms with Crippen LogP contribution in [0.15, 0.2) is 54.7 Å². The topological polar surface area (TPSA) is 95.1 Å². The summed E-state index contributed by atoms with van der Waals surface area (Å²) in [5.74, 6) is -0.300. The third-order valence-electron chi connectivity index (χ3n) is 6.33. The van der Waals surface area contributed by atoms with Gasteiger partial charge in [-0.3, -0.25) is 0 Å². The number of halogens is 3. The van der Waals surface area contributed by atoms with Crippen LogP contribution in [-0.2, 0) is 11.2 Å². The van der Waals surface area contributed by atoms with E-state index in [2.05, 4.69) is 0 Å². The van der Waals surface area contributed by atoms with Crippen molar-refractivity contribution >= 4 is 44.9 Å². The average Bonchev–Trinajstić information content (AvgIpc) is 3.15. The second-order valence-electron chi connectivity index (χ2n) is 8.57. The lowest BCUT2D eigenvalue weighted by Crippen LogP contribution is -2.56. The van der Waals surface area contributed by atoms with Gasteiger partial charge in [-0.25, -0.2) is 4.39 Å². The van der Waals surface area contributed by atoms with Crippen molar-refractivity contribution in [3.63, 3.8) is 0 Å². The molecule has 0 amide bonds. The van der Waals surface area contributed by atoms with Crippen LogP contribution in [0.2, 0.25) is 10.0 Å². The fourth-order valence-electron chi connectivity index (χ4n) is 4.64. The van der Waals surface area contributed by atoms with E-state index in [1.807, 2.05) is 18.2 Å². The lowest BCUT2D eigenvalue weighted by atomic mass is 9.98. The predicted octanol–water partition coefficient (Wildman–Crippen LogP) is 3.80. The molecule has 1 saturated heterocycles. The number of fused-ring (bicyclic) bond motifs is 2. The summed E-state index contributed by atoms with van der Waals surface area (Å²) in [5.41, 5.74) is 2.34. The van der Waals surface area contributed by atoms with E-state index < -0.39 is 37.3 Å². The van der Waals surface area contributed by atoms with Crippen LogP contribution in [-0.4, -0.2) is 56.0 Å². The molecule has 0 aliphatic carbocycles. The number of benzene rings is 3. The van der Waals surface area contributed by atoms with Crippen molar-refractivity contribution in [1.29, 1.82) is 0 Å². The third-order valence-corrected chi connectivity index (χ3v) is 6.85. The number of aromatic nitrogens is 1. The smallest absolute Gasteiger partial charge is 0.163 e. The van der Waals surface area contributed by atoms with Gasteiger partial charge in [-0.1, -0.05) is 47.5 Å². The highest BCUT2D eigenvalue weighted by Crippen LogP contribution is 2.38. The Kier molecular flexibility index (Phi) is 6.29. The van der Waals surface area contributed by atoms with E-state index in [-0.39, 0.29) is 5.82 Å². The van der Waals surface area contributed by atoms with Crippen molar-refractivity contribution < 1.29 is 29.6 Å². The fraction of sp³-hybridized carbons (Fsp3) is 0.280. The minimum absolute atomic E-state index is 0.300. The Bertz CT molecular complexity index is 1370. The Morgan fingerprint density at radius 3 is 2.41 bits per heavy atom. The molecule has 5 rings (SSSR count). The van der Waals surface area contributed by atoms with E-state index in [1.54, 1.807) is 29.0 Å². The van der Waals surface area contributed by atoms with Crippen molar-refractivity contribution in [1.82, 2.24) is 4.57 Å². The SMILES string of the molecule is OC[C@H]1O[C@@H](n2cc(Cc3ccc4cc(F)ccc4c3)c3c(Cl)cc(Cl)cc32)[C@H](O)[C@@H](O)[C@@H]1O. The molecular weight excluding hydrogens is 484 g/mol. The highest BCUT2D eigenvalue weighted by atomic mass is 35.5. The lowest BCUT2D eigenvalue weighted by molar-refractivity contribution is -0.250. The first kappa shape index (κ1) is 23.5. The fourth-order valence-corrected chi connectivity index (χ4v) is 5.24. The molecule has 178 valence electrons. The molecule has 0 saturated carbocycles. The number of hydrogen-bond acceptors (Lipinski definition) is 5. The molecule has 34 heavy (non-hydrogen) atoms. The van der Waals surface area contributed by atoms with Gasteiger partial charge in [0.25, 0.3) is 0 Å². The molecule has 0 spiro atoms. The Hall–Kier alpha value is -2.23. The highest BCUT2D eigenvalue weighted by molar-refractivity contribution is 6.38. The van der Waals surface area contributed by atoms with E-state index in [4.69, 9.17) is 27.9 Å². The second-order valence-corrected chi connectivity index (χ2v) is 9.41. The molecule has 2 heterocycles. The minimum Gasteiger partial charge on any atom is -0.394 e. The lowest BCUT2D eigenvalue weighted by Gasteiger charge is -2.40. The maximum Gasteiger partial charge on any atom is 0.163 e. The van der Waals surface area contributed by atoms with Crippen LogP contribution in [0.4, 0.5) is 4.39 Å².